The van der Waals surface area contributed by atoms with Crippen molar-refractivity contribution < 1.29 is 8.42 Å². The Hall–Kier alpha value is -1.21. The SMILES string of the molecule is CC(C)Cn1c(CBr)nnc1-c1ccc(S(C)(=O)=O)cc1. The highest BCUT2D eigenvalue weighted by Crippen LogP contribution is 2.22. The molecule has 0 bridgehead atoms. The molecule has 1 aromatic heterocycles. The van der Waals surface area contributed by atoms with Crippen LogP contribution in [-0.2, 0) is 21.7 Å². The van der Waals surface area contributed by atoms with Crippen LogP contribution < -0.4 is 0 Å². The Bertz CT molecular complexity index is 721. The van der Waals surface area contributed by atoms with Crippen LogP contribution in [0.2, 0.25) is 0 Å². The van der Waals surface area contributed by atoms with E-state index in [1.807, 2.05) is 0 Å². The molecule has 1 heterocycles. The Balaban J connectivity index is 2.44. The minimum absolute atomic E-state index is 0.307. The summed E-state index contributed by atoms with van der Waals surface area (Å²) in [6, 6.07) is 6.75. The number of nitrogens with zero attached hydrogens (tertiary/aromatic N) is 3. The molecule has 0 aliphatic rings. The molecule has 0 aliphatic carbocycles. The van der Waals surface area contributed by atoms with E-state index in [1.165, 1.54) is 6.26 Å². The predicted molar refractivity (Wildman–Crippen MR) is 86.0 cm³/mol. The van der Waals surface area contributed by atoms with Crippen molar-refractivity contribution in [2.75, 3.05) is 6.26 Å². The first kappa shape index (κ1) is 16.2. The number of sulfone groups is 1. The molecule has 0 unspecified atom stereocenters. The lowest BCUT2D eigenvalue weighted by Crippen LogP contribution is -2.09. The molecule has 0 radical (unpaired) electrons. The molecule has 0 amide bonds. The molecule has 0 N–H and O–H groups in total. The Kier molecular flexibility index (Phi) is 4.83. The standard InChI is InChI=1S/C14H18BrN3O2S/c1-10(2)9-18-13(8-15)16-17-14(18)11-4-6-12(7-5-11)21(3,19)20/h4-7,10H,8-9H2,1-3H3. The van der Waals surface area contributed by atoms with Crippen molar-refractivity contribution in [3.05, 3.63) is 30.1 Å². The fraction of sp³-hybridized carbons (Fsp3) is 0.429. The van der Waals surface area contributed by atoms with Crippen molar-refractivity contribution in [2.24, 2.45) is 5.92 Å². The highest BCUT2D eigenvalue weighted by Gasteiger charge is 2.15. The second kappa shape index (κ2) is 6.27. The Morgan fingerprint density at radius 1 is 1.19 bits per heavy atom. The molecule has 0 atom stereocenters. The van der Waals surface area contributed by atoms with Gasteiger partial charge in [-0.25, -0.2) is 8.42 Å². The summed E-state index contributed by atoms with van der Waals surface area (Å²) in [5.74, 6) is 2.09. The summed E-state index contributed by atoms with van der Waals surface area (Å²) in [5.41, 5.74) is 0.864. The molecular formula is C14H18BrN3O2S. The summed E-state index contributed by atoms with van der Waals surface area (Å²) in [5, 5.41) is 9.05. The zero-order valence-corrected chi connectivity index (χ0v) is 14.6. The molecule has 2 rings (SSSR count). The molecule has 1 aromatic carbocycles. The fourth-order valence-corrected chi connectivity index (χ4v) is 3.10. The van der Waals surface area contributed by atoms with E-state index in [0.717, 1.165) is 23.8 Å². The van der Waals surface area contributed by atoms with Crippen molar-refractivity contribution in [2.45, 2.75) is 30.6 Å². The van der Waals surface area contributed by atoms with E-state index in [4.69, 9.17) is 0 Å². The third kappa shape index (κ3) is 3.71. The van der Waals surface area contributed by atoms with Gasteiger partial charge in [-0.3, -0.25) is 0 Å². The second-order valence-electron chi connectivity index (χ2n) is 5.37. The van der Waals surface area contributed by atoms with E-state index < -0.39 is 9.84 Å². The van der Waals surface area contributed by atoms with Crippen molar-refractivity contribution >= 4 is 25.8 Å². The first-order valence-corrected chi connectivity index (χ1v) is 9.62. The topological polar surface area (TPSA) is 64.8 Å². The van der Waals surface area contributed by atoms with Crippen molar-refractivity contribution in [3.63, 3.8) is 0 Å². The van der Waals surface area contributed by atoms with Gasteiger partial charge < -0.3 is 4.57 Å². The van der Waals surface area contributed by atoms with E-state index in [0.29, 0.717) is 16.1 Å². The minimum atomic E-state index is -3.18. The van der Waals surface area contributed by atoms with Crippen molar-refractivity contribution in [1.82, 2.24) is 14.8 Å². The molecule has 2 aromatic rings. The van der Waals surface area contributed by atoms with E-state index in [1.54, 1.807) is 24.3 Å². The number of hydrogen-bond donors (Lipinski definition) is 0. The summed E-state index contributed by atoms with van der Waals surface area (Å²) in [4.78, 5) is 0.307. The summed E-state index contributed by atoms with van der Waals surface area (Å²) in [7, 11) is -3.18. The van der Waals surface area contributed by atoms with Crippen LogP contribution in [-0.4, -0.2) is 29.4 Å². The van der Waals surface area contributed by atoms with E-state index in [9.17, 15) is 8.42 Å². The average molecular weight is 372 g/mol. The number of hydrogen-bond acceptors (Lipinski definition) is 4. The van der Waals surface area contributed by atoms with Crippen LogP contribution in [0.25, 0.3) is 11.4 Å². The van der Waals surface area contributed by atoms with Crippen LogP contribution in [0.4, 0.5) is 0 Å². The number of rotatable bonds is 5. The third-order valence-corrected chi connectivity index (χ3v) is 4.67. The van der Waals surface area contributed by atoms with Gasteiger partial charge in [0, 0.05) is 18.4 Å². The molecule has 114 valence electrons. The summed E-state index contributed by atoms with van der Waals surface area (Å²) in [6.07, 6.45) is 1.20. The van der Waals surface area contributed by atoms with Gasteiger partial charge in [-0.1, -0.05) is 29.8 Å². The molecular weight excluding hydrogens is 354 g/mol. The normalized spacial score (nSPS) is 12.0. The maximum Gasteiger partial charge on any atom is 0.175 e. The highest BCUT2D eigenvalue weighted by molar-refractivity contribution is 9.08. The van der Waals surface area contributed by atoms with Gasteiger partial charge in [-0.15, -0.1) is 10.2 Å². The van der Waals surface area contributed by atoms with Crippen LogP contribution >= 0.6 is 15.9 Å². The van der Waals surface area contributed by atoms with Gasteiger partial charge in [-0.05, 0) is 30.2 Å². The highest BCUT2D eigenvalue weighted by atomic mass is 79.9. The molecule has 21 heavy (non-hydrogen) atoms. The van der Waals surface area contributed by atoms with Gasteiger partial charge in [0.1, 0.15) is 5.82 Å². The lowest BCUT2D eigenvalue weighted by molar-refractivity contribution is 0.516. The number of aromatic nitrogens is 3. The monoisotopic (exact) mass is 371 g/mol. The molecule has 0 saturated heterocycles. The van der Waals surface area contributed by atoms with E-state index in [2.05, 4.69) is 44.5 Å². The van der Waals surface area contributed by atoms with Gasteiger partial charge in [0.2, 0.25) is 0 Å². The number of benzene rings is 1. The molecule has 0 saturated carbocycles. The van der Waals surface area contributed by atoms with E-state index >= 15 is 0 Å². The first-order chi connectivity index (χ1) is 9.82. The predicted octanol–water partition coefficient (Wildman–Crippen LogP) is 2.90. The Morgan fingerprint density at radius 2 is 1.81 bits per heavy atom. The van der Waals surface area contributed by atoms with Crippen molar-refractivity contribution in [3.8, 4) is 11.4 Å². The molecule has 7 heteroatoms. The Morgan fingerprint density at radius 3 is 2.29 bits per heavy atom. The van der Waals surface area contributed by atoms with Gasteiger partial charge >= 0.3 is 0 Å². The Labute approximate surface area is 133 Å². The van der Waals surface area contributed by atoms with Crippen LogP contribution in [0.1, 0.15) is 19.7 Å². The molecule has 0 aliphatic heterocycles. The van der Waals surface area contributed by atoms with Crippen LogP contribution in [0.5, 0.6) is 0 Å². The van der Waals surface area contributed by atoms with Gasteiger partial charge in [0.25, 0.3) is 0 Å². The molecule has 5 nitrogen and oxygen atoms in total. The summed E-state index contributed by atoms with van der Waals surface area (Å²) in [6.45, 7) is 5.08. The number of halogens is 1. The van der Waals surface area contributed by atoms with E-state index in [-0.39, 0.29) is 0 Å². The smallest absolute Gasteiger partial charge is 0.175 e. The summed E-state index contributed by atoms with van der Waals surface area (Å²) < 4.78 is 25.1. The van der Waals surface area contributed by atoms with Crippen LogP contribution in [0, 0.1) is 5.92 Å². The lowest BCUT2D eigenvalue weighted by Gasteiger charge is -2.12. The van der Waals surface area contributed by atoms with Crippen molar-refractivity contribution in [1.29, 1.82) is 0 Å². The fourth-order valence-electron chi connectivity index (χ4n) is 2.06. The summed E-state index contributed by atoms with van der Waals surface area (Å²) >= 11 is 3.42. The largest absolute Gasteiger partial charge is 0.310 e. The molecule has 0 spiro atoms. The minimum Gasteiger partial charge on any atom is -0.310 e. The van der Waals surface area contributed by atoms with Gasteiger partial charge in [-0.2, -0.15) is 0 Å². The second-order valence-corrected chi connectivity index (χ2v) is 7.95. The number of alkyl halides is 1. The van der Waals surface area contributed by atoms with Gasteiger partial charge in [0.15, 0.2) is 15.7 Å². The maximum atomic E-state index is 11.5. The quantitative estimate of drug-likeness (QED) is 0.757. The zero-order valence-electron chi connectivity index (χ0n) is 12.2. The van der Waals surface area contributed by atoms with Crippen LogP contribution in [0.15, 0.2) is 29.2 Å². The zero-order chi connectivity index (χ0) is 15.6. The third-order valence-electron chi connectivity index (χ3n) is 3.04. The van der Waals surface area contributed by atoms with Crippen LogP contribution in [0.3, 0.4) is 0 Å². The average Bonchev–Trinajstić information content (AvgIpc) is 2.80. The lowest BCUT2D eigenvalue weighted by atomic mass is 10.2. The molecule has 0 fully saturated rings. The van der Waals surface area contributed by atoms with Gasteiger partial charge in [0.05, 0.1) is 10.2 Å². The first-order valence-electron chi connectivity index (χ1n) is 6.61. The maximum absolute atomic E-state index is 11.5.